The van der Waals surface area contributed by atoms with Crippen molar-refractivity contribution in [2.24, 2.45) is 0 Å². The third-order valence-corrected chi connectivity index (χ3v) is 2.94. The molecular formula is C15H12BrN. The molecule has 2 aromatic rings. The second kappa shape index (κ2) is 5.53. The SMILES string of the molecule is C=C=CNc1ccccc1-c1ccc(Br)cc1. The summed E-state index contributed by atoms with van der Waals surface area (Å²) >= 11 is 3.44. The van der Waals surface area contributed by atoms with Gasteiger partial charge in [0.2, 0.25) is 0 Å². The fourth-order valence-electron chi connectivity index (χ4n) is 1.62. The van der Waals surface area contributed by atoms with Crippen molar-refractivity contribution in [2.45, 2.75) is 0 Å². The molecule has 17 heavy (non-hydrogen) atoms. The van der Waals surface area contributed by atoms with Crippen LogP contribution in [0.5, 0.6) is 0 Å². The number of nitrogens with one attached hydrogen (secondary N) is 1. The molecule has 0 atom stereocenters. The van der Waals surface area contributed by atoms with Gasteiger partial charge in [-0.3, -0.25) is 0 Å². The Morgan fingerprint density at radius 1 is 1.06 bits per heavy atom. The Labute approximate surface area is 110 Å². The van der Waals surface area contributed by atoms with Crippen LogP contribution >= 0.6 is 15.9 Å². The molecule has 0 amide bonds. The highest BCUT2D eigenvalue weighted by Crippen LogP contribution is 2.28. The van der Waals surface area contributed by atoms with E-state index in [1.165, 1.54) is 5.56 Å². The van der Waals surface area contributed by atoms with Crippen LogP contribution in [0.3, 0.4) is 0 Å². The molecule has 2 rings (SSSR count). The summed E-state index contributed by atoms with van der Waals surface area (Å²) in [5.41, 5.74) is 6.09. The van der Waals surface area contributed by atoms with Gasteiger partial charge in [-0.1, -0.05) is 52.8 Å². The van der Waals surface area contributed by atoms with E-state index in [9.17, 15) is 0 Å². The summed E-state index contributed by atoms with van der Waals surface area (Å²) in [4.78, 5) is 0. The highest BCUT2D eigenvalue weighted by atomic mass is 79.9. The van der Waals surface area contributed by atoms with Crippen LogP contribution in [0.1, 0.15) is 0 Å². The Morgan fingerprint density at radius 2 is 1.76 bits per heavy atom. The Balaban J connectivity index is 2.43. The third-order valence-electron chi connectivity index (χ3n) is 2.41. The lowest BCUT2D eigenvalue weighted by molar-refractivity contribution is 1.55. The maximum Gasteiger partial charge on any atom is 0.0464 e. The number of rotatable bonds is 3. The van der Waals surface area contributed by atoms with Gasteiger partial charge in [0.15, 0.2) is 0 Å². The normalized spacial score (nSPS) is 9.47. The van der Waals surface area contributed by atoms with E-state index in [0.29, 0.717) is 0 Å². The van der Waals surface area contributed by atoms with Crippen LogP contribution in [0.25, 0.3) is 11.1 Å². The van der Waals surface area contributed by atoms with Gasteiger partial charge in [-0.05, 0) is 23.8 Å². The maximum absolute atomic E-state index is 3.54. The molecule has 0 aromatic heterocycles. The van der Waals surface area contributed by atoms with Crippen molar-refractivity contribution in [2.75, 3.05) is 5.32 Å². The van der Waals surface area contributed by atoms with E-state index in [2.05, 4.69) is 51.8 Å². The molecule has 0 aliphatic rings. The highest BCUT2D eigenvalue weighted by Gasteiger charge is 2.02. The fourth-order valence-corrected chi connectivity index (χ4v) is 1.88. The molecule has 2 aromatic carbocycles. The van der Waals surface area contributed by atoms with Crippen LogP contribution in [0.15, 0.2) is 71.5 Å². The molecule has 1 nitrogen and oxygen atoms in total. The van der Waals surface area contributed by atoms with Crippen molar-refractivity contribution in [3.63, 3.8) is 0 Å². The van der Waals surface area contributed by atoms with Crippen molar-refractivity contribution < 1.29 is 0 Å². The molecule has 0 bridgehead atoms. The zero-order chi connectivity index (χ0) is 12.1. The average molecular weight is 286 g/mol. The summed E-state index contributed by atoms with van der Waals surface area (Å²) in [6.45, 7) is 3.54. The molecule has 2 heteroatoms. The second-order valence-electron chi connectivity index (χ2n) is 3.55. The molecule has 0 radical (unpaired) electrons. The highest BCUT2D eigenvalue weighted by molar-refractivity contribution is 9.10. The predicted molar refractivity (Wildman–Crippen MR) is 76.9 cm³/mol. The summed E-state index contributed by atoms with van der Waals surface area (Å²) in [6, 6.07) is 16.4. The van der Waals surface area contributed by atoms with Gasteiger partial charge in [0.05, 0.1) is 0 Å². The maximum atomic E-state index is 3.54. The Hall–Kier alpha value is -1.76. The molecule has 0 heterocycles. The van der Waals surface area contributed by atoms with E-state index >= 15 is 0 Å². The van der Waals surface area contributed by atoms with Crippen molar-refractivity contribution >= 4 is 21.6 Å². The summed E-state index contributed by atoms with van der Waals surface area (Å²) in [5.74, 6) is 0. The van der Waals surface area contributed by atoms with Crippen LogP contribution < -0.4 is 5.32 Å². The summed E-state index contributed by atoms with van der Waals surface area (Å²) in [5, 5.41) is 3.17. The monoisotopic (exact) mass is 285 g/mol. The van der Waals surface area contributed by atoms with Gasteiger partial charge in [0, 0.05) is 21.9 Å². The molecule has 0 unspecified atom stereocenters. The fraction of sp³-hybridized carbons (Fsp3) is 0. The lowest BCUT2D eigenvalue weighted by Gasteiger charge is -2.09. The minimum atomic E-state index is 1.05. The van der Waals surface area contributed by atoms with E-state index in [0.717, 1.165) is 15.7 Å². The third kappa shape index (κ3) is 2.88. The van der Waals surface area contributed by atoms with Gasteiger partial charge >= 0.3 is 0 Å². The summed E-state index contributed by atoms with van der Waals surface area (Å²) in [7, 11) is 0. The molecule has 0 spiro atoms. The molecular weight excluding hydrogens is 274 g/mol. The number of hydrogen-bond acceptors (Lipinski definition) is 1. The number of para-hydroxylation sites is 1. The largest absolute Gasteiger partial charge is 0.355 e. The van der Waals surface area contributed by atoms with Gasteiger partial charge in [0.25, 0.3) is 0 Å². The predicted octanol–water partition coefficient (Wildman–Crippen LogP) is 4.83. The molecule has 0 aliphatic carbocycles. The van der Waals surface area contributed by atoms with Gasteiger partial charge in [-0.2, -0.15) is 0 Å². The molecule has 84 valence electrons. The van der Waals surface area contributed by atoms with E-state index < -0.39 is 0 Å². The molecule has 1 N–H and O–H groups in total. The lowest BCUT2D eigenvalue weighted by Crippen LogP contribution is -1.90. The van der Waals surface area contributed by atoms with Crippen LogP contribution in [-0.4, -0.2) is 0 Å². The van der Waals surface area contributed by atoms with Crippen molar-refractivity contribution in [3.05, 3.63) is 71.5 Å². The van der Waals surface area contributed by atoms with Crippen molar-refractivity contribution in [3.8, 4) is 11.1 Å². The van der Waals surface area contributed by atoms with E-state index in [1.54, 1.807) is 6.20 Å². The first-order valence-electron chi connectivity index (χ1n) is 5.27. The molecule has 0 saturated heterocycles. The van der Waals surface area contributed by atoms with Gasteiger partial charge in [-0.15, -0.1) is 5.73 Å². The summed E-state index contributed by atoms with van der Waals surface area (Å²) in [6.07, 6.45) is 1.71. The topological polar surface area (TPSA) is 12.0 Å². The average Bonchev–Trinajstić information content (AvgIpc) is 2.38. The standard InChI is InChI=1S/C15H12BrN/c1-2-11-17-15-6-4-3-5-14(15)12-7-9-13(16)10-8-12/h3-11,17H,1H2. The quantitative estimate of drug-likeness (QED) is 0.797. The van der Waals surface area contributed by atoms with E-state index in [4.69, 9.17) is 0 Å². The number of halogens is 1. The van der Waals surface area contributed by atoms with Gasteiger partial charge < -0.3 is 5.32 Å². The van der Waals surface area contributed by atoms with Crippen LogP contribution in [0.4, 0.5) is 5.69 Å². The minimum absolute atomic E-state index is 1.05. The minimum Gasteiger partial charge on any atom is -0.355 e. The van der Waals surface area contributed by atoms with Crippen molar-refractivity contribution in [1.29, 1.82) is 0 Å². The van der Waals surface area contributed by atoms with Crippen LogP contribution in [0.2, 0.25) is 0 Å². The molecule has 0 fully saturated rings. The zero-order valence-corrected chi connectivity index (χ0v) is 10.9. The van der Waals surface area contributed by atoms with Crippen molar-refractivity contribution in [1.82, 2.24) is 0 Å². The first-order chi connectivity index (χ1) is 8.31. The molecule has 0 saturated carbocycles. The number of benzene rings is 2. The summed E-state index contributed by atoms with van der Waals surface area (Å²) < 4.78 is 1.08. The van der Waals surface area contributed by atoms with E-state index in [1.807, 2.05) is 30.3 Å². The first-order valence-corrected chi connectivity index (χ1v) is 6.06. The lowest BCUT2D eigenvalue weighted by atomic mass is 10.0. The van der Waals surface area contributed by atoms with Crippen LogP contribution in [-0.2, 0) is 0 Å². The smallest absolute Gasteiger partial charge is 0.0464 e. The second-order valence-corrected chi connectivity index (χ2v) is 4.46. The first kappa shape index (κ1) is 11.7. The number of hydrogen-bond donors (Lipinski definition) is 1. The Bertz CT molecular complexity index is 551. The number of anilines is 1. The Kier molecular flexibility index (Phi) is 3.81. The molecule has 0 aliphatic heterocycles. The van der Waals surface area contributed by atoms with Gasteiger partial charge in [0.1, 0.15) is 0 Å². The van der Waals surface area contributed by atoms with E-state index in [-0.39, 0.29) is 0 Å². The van der Waals surface area contributed by atoms with Crippen LogP contribution in [0, 0.1) is 0 Å². The van der Waals surface area contributed by atoms with Gasteiger partial charge in [-0.25, -0.2) is 0 Å². The zero-order valence-electron chi connectivity index (χ0n) is 9.28. The Morgan fingerprint density at radius 3 is 2.47 bits per heavy atom.